The van der Waals surface area contributed by atoms with Crippen molar-refractivity contribution >= 4 is 0 Å². The molecule has 1 rings (SSSR count). The molecule has 0 fully saturated rings. The maximum Gasteiger partial charge on any atom is 0.122 e. The van der Waals surface area contributed by atoms with Crippen molar-refractivity contribution in [3.63, 3.8) is 0 Å². The van der Waals surface area contributed by atoms with Crippen LogP contribution in [0.4, 0.5) is 0 Å². The minimum atomic E-state index is 0.881. The van der Waals surface area contributed by atoms with Crippen molar-refractivity contribution in [2.45, 2.75) is 162 Å². The van der Waals surface area contributed by atoms with Gasteiger partial charge in [0, 0.05) is 0 Å². The lowest BCUT2D eigenvalue weighted by atomic mass is 10.0. The Morgan fingerprint density at radius 2 is 0.848 bits per heavy atom. The largest absolute Gasteiger partial charge is 0.493 e. The van der Waals surface area contributed by atoms with Gasteiger partial charge in [-0.2, -0.15) is 0 Å². The van der Waals surface area contributed by atoms with Crippen LogP contribution in [0.3, 0.4) is 0 Å². The Labute approximate surface area is 208 Å². The molecule has 1 aromatic carbocycles. The van der Waals surface area contributed by atoms with E-state index in [1.165, 1.54) is 153 Å². The normalized spacial score (nSPS) is 11.2. The zero-order valence-electron chi connectivity index (χ0n) is 22.7. The fraction of sp³-hybridized carbons (Fsp3) is 0.812. The molecule has 0 heterocycles. The van der Waals surface area contributed by atoms with Crippen molar-refractivity contribution in [3.05, 3.63) is 29.8 Å². The van der Waals surface area contributed by atoms with E-state index in [0.29, 0.717) is 0 Å². The zero-order chi connectivity index (χ0) is 23.7. The third-order valence-corrected chi connectivity index (χ3v) is 7.03. The van der Waals surface area contributed by atoms with E-state index >= 15 is 0 Å². The highest BCUT2D eigenvalue weighted by atomic mass is 16.5. The fourth-order valence-corrected chi connectivity index (χ4v) is 4.78. The van der Waals surface area contributed by atoms with Gasteiger partial charge in [-0.25, -0.2) is 0 Å². The minimum Gasteiger partial charge on any atom is -0.493 e. The number of hydrogen-bond acceptors (Lipinski definition) is 1. The van der Waals surface area contributed by atoms with Crippen molar-refractivity contribution in [3.8, 4) is 5.75 Å². The van der Waals surface area contributed by atoms with E-state index in [2.05, 4.69) is 38.1 Å². The van der Waals surface area contributed by atoms with E-state index in [9.17, 15) is 0 Å². The molecule has 0 spiro atoms. The Morgan fingerprint density at radius 1 is 0.455 bits per heavy atom. The number of para-hydroxylation sites is 1. The van der Waals surface area contributed by atoms with Crippen LogP contribution in [0.15, 0.2) is 24.3 Å². The van der Waals surface area contributed by atoms with Crippen LogP contribution in [-0.4, -0.2) is 6.61 Å². The van der Waals surface area contributed by atoms with Gasteiger partial charge in [0.2, 0.25) is 0 Å². The summed E-state index contributed by atoms with van der Waals surface area (Å²) in [6, 6.07) is 8.72. The fourth-order valence-electron chi connectivity index (χ4n) is 4.78. The van der Waals surface area contributed by atoms with E-state index in [1.54, 1.807) is 0 Å². The average molecular weight is 459 g/mol. The molecule has 1 aromatic rings. The van der Waals surface area contributed by atoms with Gasteiger partial charge in [0.1, 0.15) is 5.75 Å². The Bertz CT molecular complexity index is 509. The molecule has 1 heteroatoms. The molecule has 0 N–H and O–H groups in total. The van der Waals surface area contributed by atoms with Crippen molar-refractivity contribution in [2.24, 2.45) is 0 Å². The third kappa shape index (κ3) is 19.1. The summed E-state index contributed by atoms with van der Waals surface area (Å²) in [7, 11) is 0. The predicted molar refractivity (Wildman–Crippen MR) is 149 cm³/mol. The number of benzene rings is 1. The molecule has 0 bridgehead atoms. The van der Waals surface area contributed by atoms with Gasteiger partial charge >= 0.3 is 0 Å². The molecular weight excluding hydrogens is 400 g/mol. The van der Waals surface area contributed by atoms with Gasteiger partial charge in [0.05, 0.1) is 6.61 Å². The lowest BCUT2D eigenvalue weighted by molar-refractivity contribution is 0.301. The summed E-state index contributed by atoms with van der Waals surface area (Å²) in [5, 5.41) is 0. The highest BCUT2D eigenvalue weighted by Gasteiger charge is 2.03. The molecule has 0 unspecified atom stereocenters. The molecule has 0 aliphatic rings. The van der Waals surface area contributed by atoms with E-state index in [0.717, 1.165) is 12.4 Å². The van der Waals surface area contributed by atoms with Gasteiger partial charge in [-0.3, -0.25) is 0 Å². The van der Waals surface area contributed by atoms with Crippen LogP contribution in [0.1, 0.15) is 161 Å². The highest BCUT2D eigenvalue weighted by Crippen LogP contribution is 2.21. The maximum absolute atomic E-state index is 6.16. The molecule has 0 saturated heterocycles. The minimum absolute atomic E-state index is 0.881. The van der Waals surface area contributed by atoms with E-state index in [1.807, 2.05) is 0 Å². The quantitative estimate of drug-likeness (QED) is 0.132. The molecule has 1 nitrogen and oxygen atoms in total. The Hall–Kier alpha value is -0.980. The molecule has 0 amide bonds. The number of unbranched alkanes of at least 4 members (excludes halogenated alkanes) is 20. The summed E-state index contributed by atoms with van der Waals surface area (Å²) in [4.78, 5) is 0. The Morgan fingerprint density at radius 3 is 1.33 bits per heavy atom. The first-order valence-electron chi connectivity index (χ1n) is 15.1. The third-order valence-electron chi connectivity index (χ3n) is 7.03. The lowest BCUT2D eigenvalue weighted by Gasteiger charge is -2.11. The van der Waals surface area contributed by atoms with Gasteiger partial charge in [-0.05, 0) is 30.9 Å². The smallest absolute Gasteiger partial charge is 0.122 e. The number of ether oxygens (including phenoxy) is 1. The second-order valence-corrected chi connectivity index (χ2v) is 10.3. The predicted octanol–water partition coefficient (Wildman–Crippen LogP) is 11.2. The summed E-state index contributed by atoms with van der Waals surface area (Å²) >= 11 is 0. The van der Waals surface area contributed by atoms with E-state index in [4.69, 9.17) is 4.74 Å². The van der Waals surface area contributed by atoms with Crippen LogP contribution >= 0.6 is 0 Å². The van der Waals surface area contributed by atoms with Crippen molar-refractivity contribution < 1.29 is 4.74 Å². The summed E-state index contributed by atoms with van der Waals surface area (Å²) in [6.45, 7) is 5.47. The first-order chi connectivity index (χ1) is 16.4. The number of hydrogen-bond donors (Lipinski definition) is 0. The molecular formula is C32H58O. The number of rotatable bonds is 25. The van der Waals surface area contributed by atoms with E-state index < -0.39 is 0 Å². The summed E-state index contributed by atoms with van der Waals surface area (Å²) in [6.07, 6.45) is 31.9. The lowest BCUT2D eigenvalue weighted by Crippen LogP contribution is -2.00. The molecule has 0 aliphatic carbocycles. The van der Waals surface area contributed by atoms with Gasteiger partial charge in [0.25, 0.3) is 0 Å². The summed E-state index contributed by atoms with van der Waals surface area (Å²) in [5.74, 6) is 1.13. The van der Waals surface area contributed by atoms with Gasteiger partial charge in [-0.15, -0.1) is 0 Å². The van der Waals surface area contributed by atoms with Crippen LogP contribution in [-0.2, 0) is 6.42 Å². The monoisotopic (exact) mass is 458 g/mol. The zero-order valence-corrected chi connectivity index (χ0v) is 22.7. The first-order valence-corrected chi connectivity index (χ1v) is 15.1. The van der Waals surface area contributed by atoms with Crippen molar-refractivity contribution in [1.29, 1.82) is 0 Å². The standard InChI is InChI=1S/C32H58O/c1-3-5-7-9-11-12-13-14-15-16-17-18-20-22-26-30-33-32-29-25-24-28-31(32)27-23-21-19-10-8-6-4-2/h24-25,28-29H,3-23,26-27,30H2,1-2H3. The topological polar surface area (TPSA) is 9.23 Å². The van der Waals surface area contributed by atoms with Crippen LogP contribution in [0.25, 0.3) is 0 Å². The molecule has 192 valence electrons. The molecule has 0 atom stereocenters. The van der Waals surface area contributed by atoms with Crippen molar-refractivity contribution in [1.82, 2.24) is 0 Å². The average Bonchev–Trinajstić information content (AvgIpc) is 2.84. The Kier molecular flexibility index (Phi) is 22.0. The maximum atomic E-state index is 6.16. The van der Waals surface area contributed by atoms with E-state index in [-0.39, 0.29) is 0 Å². The van der Waals surface area contributed by atoms with Crippen LogP contribution in [0.5, 0.6) is 5.75 Å². The molecule has 0 aliphatic heterocycles. The first kappa shape index (κ1) is 30.1. The van der Waals surface area contributed by atoms with Gasteiger partial charge in [-0.1, -0.05) is 160 Å². The number of aryl methyl sites for hydroxylation is 1. The van der Waals surface area contributed by atoms with Crippen molar-refractivity contribution in [2.75, 3.05) is 6.61 Å². The Balaban J connectivity index is 1.92. The molecule has 33 heavy (non-hydrogen) atoms. The SMILES string of the molecule is CCCCCCCCCCCCCCCCCOc1ccccc1CCCCCCCCC. The highest BCUT2D eigenvalue weighted by molar-refractivity contribution is 5.33. The van der Waals surface area contributed by atoms with Crippen LogP contribution < -0.4 is 4.74 Å². The molecule has 0 aromatic heterocycles. The summed E-state index contributed by atoms with van der Waals surface area (Å²) in [5.41, 5.74) is 1.41. The molecule has 0 radical (unpaired) electrons. The second kappa shape index (κ2) is 24.2. The van der Waals surface area contributed by atoms with Crippen LogP contribution in [0.2, 0.25) is 0 Å². The van der Waals surface area contributed by atoms with Crippen LogP contribution in [0, 0.1) is 0 Å². The van der Waals surface area contributed by atoms with Gasteiger partial charge < -0.3 is 4.74 Å². The second-order valence-electron chi connectivity index (χ2n) is 10.3. The summed E-state index contributed by atoms with van der Waals surface area (Å²) < 4.78 is 6.16. The molecule has 0 saturated carbocycles. The van der Waals surface area contributed by atoms with Gasteiger partial charge in [0.15, 0.2) is 0 Å².